The number of aliphatic hydroxyl groups excluding tert-OH is 11. The number of ether oxygens (including phenoxy) is 6. The number of aliphatic hydroxyl groups is 11. The third kappa shape index (κ3) is 28.6. The highest BCUT2D eigenvalue weighted by Crippen LogP contribution is 2.33. The standard InChI is InChI=1S/C63H109NO18/c1-3-5-7-9-11-13-15-17-19-21-22-23-25-26-28-30-32-34-36-38-40-47(68)46(64-51(69)41-39-37-35-33-31-29-27-24-20-18-16-14-12-10-8-6-4-2)45-77-61-57(75)54(72)59(49(43-66)79-61)82-63-58(76)55(73)60(50(44-67)80-63)81-62-56(74)53(71)52(70)48(42-65)78-62/h6,8,12,14,18,20,27,29,33,35,38,40,46-50,52-63,65-68,70-76H,3-5,7,9-11,13,15-17,19,21-26,28,30-32,34,36-37,39,41-45H2,1-2H3,(H,64,69)/b8-6-,14-12-,20-18-,29-27-,35-33-,40-38+. The van der Waals surface area contributed by atoms with Crippen molar-refractivity contribution in [1.82, 2.24) is 5.32 Å². The molecule has 3 heterocycles. The fourth-order valence-corrected chi connectivity index (χ4v) is 10.2. The van der Waals surface area contributed by atoms with Crippen LogP contribution in [0.4, 0.5) is 0 Å². The average molecular weight is 1170 g/mol. The molecule has 0 aromatic carbocycles. The van der Waals surface area contributed by atoms with Crippen molar-refractivity contribution in [2.45, 2.75) is 291 Å². The van der Waals surface area contributed by atoms with E-state index in [1.807, 2.05) is 12.2 Å². The van der Waals surface area contributed by atoms with E-state index in [1.54, 1.807) is 6.08 Å². The summed E-state index contributed by atoms with van der Waals surface area (Å²) in [6.07, 6.45) is 27.4. The molecule has 3 aliphatic rings. The van der Waals surface area contributed by atoms with Gasteiger partial charge in [0.1, 0.15) is 73.2 Å². The van der Waals surface area contributed by atoms with Crippen LogP contribution < -0.4 is 5.32 Å². The second kappa shape index (κ2) is 45.5. The summed E-state index contributed by atoms with van der Waals surface area (Å²) in [6, 6.07) is -1.01. The normalized spacial score (nSPS) is 30.1. The molecule has 0 radical (unpaired) electrons. The zero-order chi connectivity index (χ0) is 59.7. The smallest absolute Gasteiger partial charge is 0.220 e. The number of carbonyl (C=O) groups excluding carboxylic acids is 1. The molecule has 3 saturated heterocycles. The lowest BCUT2D eigenvalue weighted by Crippen LogP contribution is -2.66. The second-order valence-electron chi connectivity index (χ2n) is 22.1. The van der Waals surface area contributed by atoms with Gasteiger partial charge in [0.25, 0.3) is 0 Å². The van der Waals surface area contributed by atoms with Crippen LogP contribution in [0.1, 0.15) is 187 Å². The number of amides is 1. The van der Waals surface area contributed by atoms with Crippen LogP contribution in [0.2, 0.25) is 0 Å². The lowest BCUT2D eigenvalue weighted by molar-refractivity contribution is -0.379. The molecule has 0 spiro atoms. The zero-order valence-corrected chi connectivity index (χ0v) is 49.4. The van der Waals surface area contributed by atoms with Crippen molar-refractivity contribution >= 4 is 5.91 Å². The summed E-state index contributed by atoms with van der Waals surface area (Å²) in [7, 11) is 0. The number of unbranched alkanes of at least 4 members (excludes halogenated alkanes) is 19. The Morgan fingerprint density at radius 2 is 0.841 bits per heavy atom. The molecular formula is C63H109NO18. The summed E-state index contributed by atoms with van der Waals surface area (Å²) in [5, 5.41) is 120. The van der Waals surface area contributed by atoms with Gasteiger partial charge in [-0.25, -0.2) is 0 Å². The minimum Gasteiger partial charge on any atom is -0.394 e. The van der Waals surface area contributed by atoms with Gasteiger partial charge in [0.05, 0.1) is 38.6 Å². The maximum Gasteiger partial charge on any atom is 0.220 e. The number of carbonyl (C=O) groups is 1. The van der Waals surface area contributed by atoms with Gasteiger partial charge in [0, 0.05) is 6.42 Å². The largest absolute Gasteiger partial charge is 0.394 e. The molecule has 82 heavy (non-hydrogen) atoms. The highest BCUT2D eigenvalue weighted by molar-refractivity contribution is 5.76. The number of rotatable bonds is 45. The van der Waals surface area contributed by atoms with Crippen LogP contribution in [0.15, 0.2) is 72.9 Å². The molecule has 3 aliphatic heterocycles. The summed E-state index contributed by atoms with van der Waals surface area (Å²) in [6.45, 7) is 1.56. The van der Waals surface area contributed by atoms with Crippen molar-refractivity contribution < 1.29 is 89.4 Å². The van der Waals surface area contributed by atoms with Gasteiger partial charge in [-0.3, -0.25) is 4.79 Å². The Morgan fingerprint density at radius 1 is 0.451 bits per heavy atom. The van der Waals surface area contributed by atoms with Gasteiger partial charge in [-0.15, -0.1) is 0 Å². The fourth-order valence-electron chi connectivity index (χ4n) is 10.2. The van der Waals surface area contributed by atoms with Crippen molar-refractivity contribution in [2.24, 2.45) is 0 Å². The molecule has 474 valence electrons. The molecule has 19 nitrogen and oxygen atoms in total. The molecule has 12 N–H and O–H groups in total. The van der Waals surface area contributed by atoms with Crippen molar-refractivity contribution in [3.63, 3.8) is 0 Å². The molecule has 0 aromatic heterocycles. The number of nitrogens with one attached hydrogen (secondary N) is 1. The number of hydrogen-bond acceptors (Lipinski definition) is 18. The zero-order valence-electron chi connectivity index (χ0n) is 49.4. The topological polar surface area (TPSA) is 307 Å². The third-order valence-corrected chi connectivity index (χ3v) is 15.3. The molecule has 17 atom stereocenters. The summed E-state index contributed by atoms with van der Waals surface area (Å²) >= 11 is 0. The summed E-state index contributed by atoms with van der Waals surface area (Å²) < 4.78 is 34.2. The first-order valence-corrected chi connectivity index (χ1v) is 31.2. The molecule has 0 aromatic rings. The lowest BCUT2D eigenvalue weighted by atomic mass is 9.96. The van der Waals surface area contributed by atoms with Gasteiger partial charge in [0.2, 0.25) is 5.91 Å². The monoisotopic (exact) mass is 1170 g/mol. The maximum absolute atomic E-state index is 13.3. The first-order valence-electron chi connectivity index (χ1n) is 31.2. The van der Waals surface area contributed by atoms with E-state index in [4.69, 9.17) is 28.4 Å². The van der Waals surface area contributed by atoms with E-state index >= 15 is 0 Å². The quantitative estimate of drug-likeness (QED) is 0.0238. The van der Waals surface area contributed by atoms with E-state index < -0.39 is 124 Å². The Hall–Kier alpha value is -2.77. The fraction of sp³-hybridized carbons (Fsp3) is 0.794. The molecular weight excluding hydrogens is 1060 g/mol. The molecule has 0 saturated carbocycles. The van der Waals surface area contributed by atoms with Crippen LogP contribution in [-0.2, 0) is 33.2 Å². The van der Waals surface area contributed by atoms with Crippen LogP contribution >= 0.6 is 0 Å². The number of hydrogen-bond donors (Lipinski definition) is 12. The molecule has 1 amide bonds. The predicted octanol–water partition coefficient (Wildman–Crippen LogP) is 6.21. The Labute approximate surface area is 489 Å². The highest BCUT2D eigenvalue weighted by atomic mass is 16.8. The van der Waals surface area contributed by atoms with Crippen LogP contribution in [0.25, 0.3) is 0 Å². The first-order chi connectivity index (χ1) is 39.8. The van der Waals surface area contributed by atoms with Gasteiger partial charge < -0.3 is 89.9 Å². The van der Waals surface area contributed by atoms with Crippen molar-refractivity contribution in [2.75, 3.05) is 26.4 Å². The Bertz CT molecular complexity index is 1780. The predicted molar refractivity (Wildman–Crippen MR) is 314 cm³/mol. The number of allylic oxidation sites excluding steroid dienone is 11. The minimum absolute atomic E-state index is 0.162. The first kappa shape index (κ1) is 73.5. The van der Waals surface area contributed by atoms with Gasteiger partial charge in [-0.05, 0) is 57.8 Å². The van der Waals surface area contributed by atoms with E-state index in [1.165, 1.54) is 96.3 Å². The molecule has 3 rings (SSSR count). The van der Waals surface area contributed by atoms with E-state index in [-0.39, 0.29) is 18.9 Å². The summed E-state index contributed by atoms with van der Waals surface area (Å²) in [5.41, 5.74) is 0. The van der Waals surface area contributed by atoms with Crippen LogP contribution in [0, 0.1) is 0 Å². The third-order valence-electron chi connectivity index (χ3n) is 15.3. The molecule has 3 fully saturated rings. The van der Waals surface area contributed by atoms with Crippen molar-refractivity contribution in [1.29, 1.82) is 0 Å². The lowest BCUT2D eigenvalue weighted by Gasteiger charge is -2.48. The summed E-state index contributed by atoms with van der Waals surface area (Å²) in [5.74, 6) is -0.334. The summed E-state index contributed by atoms with van der Waals surface area (Å²) in [4.78, 5) is 13.3. The highest BCUT2D eigenvalue weighted by Gasteiger charge is 2.53. The molecule has 0 bridgehead atoms. The van der Waals surface area contributed by atoms with E-state index in [2.05, 4.69) is 73.8 Å². The van der Waals surface area contributed by atoms with Gasteiger partial charge in [0.15, 0.2) is 18.9 Å². The van der Waals surface area contributed by atoms with E-state index in [0.717, 1.165) is 57.8 Å². The van der Waals surface area contributed by atoms with Crippen LogP contribution in [-0.4, -0.2) is 193 Å². The van der Waals surface area contributed by atoms with Gasteiger partial charge in [-0.2, -0.15) is 0 Å². The van der Waals surface area contributed by atoms with Crippen molar-refractivity contribution in [3.8, 4) is 0 Å². The Kier molecular flexibility index (Phi) is 40.8. The van der Waals surface area contributed by atoms with E-state index in [9.17, 15) is 61.0 Å². The SMILES string of the molecule is CC/C=C\C/C=C\C/C=C\C/C=C\C/C=C\CCCC(=O)NC(COC1OC(CO)C(OC2OC(CO)C(OC3OC(CO)C(O)C(O)C3O)C(O)C2O)C(O)C1O)C(O)/C=C/CCCCCCCCCCCCCCCCCCCC. The average Bonchev–Trinajstić information content (AvgIpc) is 3.39. The van der Waals surface area contributed by atoms with Gasteiger partial charge >= 0.3 is 0 Å². The van der Waals surface area contributed by atoms with Crippen molar-refractivity contribution in [3.05, 3.63) is 72.9 Å². The van der Waals surface area contributed by atoms with Gasteiger partial charge in [-0.1, -0.05) is 196 Å². The minimum atomic E-state index is -1.99. The van der Waals surface area contributed by atoms with Crippen LogP contribution in [0.3, 0.4) is 0 Å². The maximum atomic E-state index is 13.3. The van der Waals surface area contributed by atoms with E-state index in [0.29, 0.717) is 12.8 Å². The second-order valence-corrected chi connectivity index (χ2v) is 22.1. The van der Waals surface area contributed by atoms with Crippen LogP contribution in [0.5, 0.6) is 0 Å². The Balaban J connectivity index is 1.51. The molecule has 19 heteroatoms. The molecule has 0 aliphatic carbocycles. The Morgan fingerprint density at radius 3 is 1.30 bits per heavy atom. The molecule has 17 unspecified atom stereocenters.